The number of halogens is 2. The largest absolute Gasteiger partial charge is 0.329 e. The van der Waals surface area contributed by atoms with Gasteiger partial charge in [0, 0.05) is 7.14 Å². The van der Waals surface area contributed by atoms with Crippen LogP contribution in [0.5, 0.6) is 0 Å². The van der Waals surface area contributed by atoms with Gasteiger partial charge in [-0.15, -0.1) is 0 Å². The van der Waals surface area contributed by atoms with E-state index in [-0.39, 0.29) is 0 Å². The van der Waals surface area contributed by atoms with E-state index in [9.17, 15) is 0 Å². The zero-order chi connectivity index (χ0) is 9.42. The Kier molecular flexibility index (Phi) is 2.42. The van der Waals surface area contributed by atoms with Crippen LogP contribution in [0.1, 0.15) is 5.82 Å². The van der Waals surface area contributed by atoms with Crippen molar-refractivity contribution >= 4 is 56.2 Å². The molecule has 3 nitrogen and oxygen atoms in total. The fraction of sp³-hybridized carbons (Fsp3) is 0. The lowest BCUT2D eigenvalue weighted by Crippen LogP contribution is -1.78. The fourth-order valence-corrected chi connectivity index (χ4v) is 1.98. The third-order valence-corrected chi connectivity index (χ3v) is 4.45. The van der Waals surface area contributed by atoms with Gasteiger partial charge in [-0.2, -0.15) is 5.26 Å². The Morgan fingerprint density at radius 2 is 2.00 bits per heavy atom. The molecule has 0 aliphatic carbocycles. The highest BCUT2D eigenvalue weighted by molar-refractivity contribution is 14.1. The Labute approximate surface area is 102 Å². The topological polar surface area (TPSA) is 52.5 Å². The second kappa shape index (κ2) is 3.42. The van der Waals surface area contributed by atoms with E-state index in [1.165, 1.54) is 3.57 Å². The van der Waals surface area contributed by atoms with Crippen molar-refractivity contribution in [2.45, 2.75) is 0 Å². The molecular formula is C8H3I2N3. The number of imidazole rings is 1. The number of hydrogen-bond acceptors (Lipinski definition) is 2. The molecule has 0 unspecified atom stereocenters. The molecule has 0 aliphatic heterocycles. The SMILES string of the molecule is N#Cc1nc2cc(I)c(I)cc2[nH]1. The minimum atomic E-state index is 0.368. The summed E-state index contributed by atoms with van der Waals surface area (Å²) < 4.78 is 2.32. The molecule has 13 heavy (non-hydrogen) atoms. The van der Waals surface area contributed by atoms with Gasteiger partial charge in [-0.05, 0) is 57.3 Å². The normalized spacial score (nSPS) is 10.2. The molecule has 0 bridgehead atoms. The first-order valence-corrected chi connectivity index (χ1v) is 5.61. The maximum atomic E-state index is 8.63. The predicted molar refractivity (Wildman–Crippen MR) is 66.2 cm³/mol. The molecule has 0 amide bonds. The molecule has 2 aromatic rings. The number of nitrogens with zero attached hydrogens (tertiary/aromatic N) is 2. The smallest absolute Gasteiger partial charge is 0.211 e. The predicted octanol–water partition coefficient (Wildman–Crippen LogP) is 2.64. The van der Waals surface area contributed by atoms with Gasteiger partial charge in [-0.1, -0.05) is 0 Å². The van der Waals surface area contributed by atoms with Crippen LogP contribution in [0.4, 0.5) is 0 Å². The van der Waals surface area contributed by atoms with Crippen molar-refractivity contribution in [3.05, 3.63) is 25.1 Å². The summed E-state index contributed by atoms with van der Waals surface area (Å²) in [5.74, 6) is 0.368. The molecule has 0 radical (unpaired) electrons. The molecule has 0 saturated heterocycles. The first-order chi connectivity index (χ1) is 6.20. The summed E-state index contributed by atoms with van der Waals surface area (Å²) >= 11 is 4.51. The van der Waals surface area contributed by atoms with Crippen molar-refractivity contribution in [1.29, 1.82) is 5.26 Å². The van der Waals surface area contributed by atoms with E-state index in [1.807, 2.05) is 18.2 Å². The Morgan fingerprint density at radius 1 is 1.31 bits per heavy atom. The number of aromatic amines is 1. The van der Waals surface area contributed by atoms with Crippen LogP contribution in [0.15, 0.2) is 12.1 Å². The summed E-state index contributed by atoms with van der Waals surface area (Å²) in [6, 6.07) is 5.94. The summed E-state index contributed by atoms with van der Waals surface area (Å²) in [5.41, 5.74) is 1.77. The number of hydrogen-bond donors (Lipinski definition) is 1. The van der Waals surface area contributed by atoms with Crippen LogP contribution in [0.2, 0.25) is 0 Å². The van der Waals surface area contributed by atoms with E-state index in [0.29, 0.717) is 5.82 Å². The van der Waals surface area contributed by atoms with E-state index in [2.05, 4.69) is 55.1 Å². The summed E-state index contributed by atoms with van der Waals surface area (Å²) in [4.78, 5) is 7.04. The second-order valence-corrected chi connectivity index (χ2v) is 4.81. The van der Waals surface area contributed by atoms with Gasteiger partial charge in [0.2, 0.25) is 5.82 Å². The monoisotopic (exact) mass is 395 g/mol. The van der Waals surface area contributed by atoms with Gasteiger partial charge in [0.05, 0.1) is 11.0 Å². The molecule has 0 aliphatic rings. The summed E-state index contributed by atoms with van der Waals surface area (Å²) in [6.07, 6.45) is 0. The maximum Gasteiger partial charge on any atom is 0.211 e. The molecule has 1 aromatic carbocycles. The zero-order valence-electron chi connectivity index (χ0n) is 6.31. The molecule has 64 valence electrons. The van der Waals surface area contributed by atoms with Crippen molar-refractivity contribution in [2.24, 2.45) is 0 Å². The van der Waals surface area contributed by atoms with E-state index in [1.54, 1.807) is 0 Å². The van der Waals surface area contributed by atoms with Crippen molar-refractivity contribution in [3.63, 3.8) is 0 Å². The number of H-pyrrole nitrogens is 1. The van der Waals surface area contributed by atoms with Gasteiger partial charge in [0.1, 0.15) is 6.07 Å². The molecule has 5 heteroatoms. The summed E-state index contributed by atoms with van der Waals surface area (Å²) in [7, 11) is 0. The second-order valence-electron chi connectivity index (χ2n) is 2.48. The zero-order valence-corrected chi connectivity index (χ0v) is 10.6. The molecule has 0 fully saturated rings. The average Bonchev–Trinajstić information content (AvgIpc) is 2.48. The fourth-order valence-electron chi connectivity index (χ4n) is 1.06. The van der Waals surface area contributed by atoms with Gasteiger partial charge in [0.25, 0.3) is 0 Å². The number of fused-ring (bicyclic) bond motifs is 1. The van der Waals surface area contributed by atoms with Crippen LogP contribution < -0.4 is 0 Å². The van der Waals surface area contributed by atoms with Crippen molar-refractivity contribution in [1.82, 2.24) is 9.97 Å². The Bertz CT molecular complexity index is 471. The molecule has 1 N–H and O–H groups in total. The van der Waals surface area contributed by atoms with Crippen molar-refractivity contribution < 1.29 is 0 Å². The molecule has 0 atom stereocenters. The van der Waals surface area contributed by atoms with E-state index < -0.39 is 0 Å². The van der Waals surface area contributed by atoms with Gasteiger partial charge in [-0.3, -0.25) is 0 Å². The number of rotatable bonds is 0. The molecule has 2 rings (SSSR count). The van der Waals surface area contributed by atoms with Crippen LogP contribution >= 0.6 is 45.2 Å². The first kappa shape index (κ1) is 9.21. The lowest BCUT2D eigenvalue weighted by molar-refractivity contribution is 1.25. The van der Waals surface area contributed by atoms with Crippen LogP contribution in [-0.4, -0.2) is 9.97 Å². The minimum absolute atomic E-state index is 0.368. The number of aromatic nitrogens is 2. The molecule has 0 spiro atoms. The first-order valence-electron chi connectivity index (χ1n) is 3.45. The Morgan fingerprint density at radius 3 is 2.69 bits per heavy atom. The highest BCUT2D eigenvalue weighted by Gasteiger charge is 2.04. The highest BCUT2D eigenvalue weighted by atomic mass is 127. The summed E-state index contributed by atoms with van der Waals surface area (Å²) in [6.45, 7) is 0. The van der Waals surface area contributed by atoms with E-state index in [4.69, 9.17) is 5.26 Å². The van der Waals surface area contributed by atoms with Crippen LogP contribution in [0.3, 0.4) is 0 Å². The lowest BCUT2D eigenvalue weighted by Gasteiger charge is -1.93. The maximum absolute atomic E-state index is 8.63. The minimum Gasteiger partial charge on any atom is -0.329 e. The highest BCUT2D eigenvalue weighted by Crippen LogP contribution is 2.21. The quantitative estimate of drug-likeness (QED) is 0.698. The van der Waals surface area contributed by atoms with Crippen LogP contribution in [0.25, 0.3) is 11.0 Å². The van der Waals surface area contributed by atoms with Gasteiger partial charge in [-0.25, -0.2) is 4.98 Å². The van der Waals surface area contributed by atoms with Crippen LogP contribution in [-0.2, 0) is 0 Å². The van der Waals surface area contributed by atoms with E-state index >= 15 is 0 Å². The molecule has 1 heterocycles. The van der Waals surface area contributed by atoms with Gasteiger partial charge < -0.3 is 4.98 Å². The molecular weight excluding hydrogens is 392 g/mol. The number of nitriles is 1. The Hall–Kier alpha value is -0.360. The molecule has 1 aromatic heterocycles. The molecule has 0 saturated carbocycles. The van der Waals surface area contributed by atoms with Crippen molar-refractivity contribution in [2.75, 3.05) is 0 Å². The Balaban J connectivity index is 2.79. The third kappa shape index (κ3) is 1.65. The van der Waals surface area contributed by atoms with Gasteiger partial charge in [0.15, 0.2) is 0 Å². The van der Waals surface area contributed by atoms with E-state index in [0.717, 1.165) is 14.6 Å². The van der Waals surface area contributed by atoms with Crippen molar-refractivity contribution in [3.8, 4) is 6.07 Å². The number of nitrogens with one attached hydrogen (secondary N) is 1. The lowest BCUT2D eigenvalue weighted by atomic mass is 10.3. The van der Waals surface area contributed by atoms with Gasteiger partial charge >= 0.3 is 0 Å². The third-order valence-electron chi connectivity index (χ3n) is 1.63. The van der Waals surface area contributed by atoms with Crippen LogP contribution in [0, 0.1) is 18.5 Å². The number of benzene rings is 1. The average molecular weight is 395 g/mol. The standard InChI is InChI=1S/C8H3I2N3/c9-4-1-6-7(2-5(4)10)13-8(3-11)12-6/h1-2H,(H,12,13). The summed E-state index contributed by atoms with van der Waals surface area (Å²) in [5, 5.41) is 8.63.